The average Bonchev–Trinajstić information content (AvgIpc) is 3.05. The molecule has 0 amide bonds. The Morgan fingerprint density at radius 3 is 2.14 bits per heavy atom. The van der Waals surface area contributed by atoms with Crippen LogP contribution in [-0.4, -0.2) is 39.1 Å². The van der Waals surface area contributed by atoms with Gasteiger partial charge in [0.1, 0.15) is 0 Å². The Morgan fingerprint density at radius 2 is 1.61 bits per heavy atom. The monoisotopic (exact) mass is 401 g/mol. The number of nitrogens with zero attached hydrogens (tertiary/aromatic N) is 1. The van der Waals surface area contributed by atoms with Gasteiger partial charge in [-0.1, -0.05) is 38.1 Å². The molecule has 0 N–H and O–H groups in total. The van der Waals surface area contributed by atoms with Crippen LogP contribution in [0.4, 0.5) is 5.69 Å². The maximum Gasteiger partial charge on any atom is 0.338 e. The third-order valence-corrected chi connectivity index (χ3v) is 6.59. The van der Waals surface area contributed by atoms with Crippen molar-refractivity contribution < 1.29 is 22.7 Å². The molecule has 7 heteroatoms. The van der Waals surface area contributed by atoms with E-state index in [1.807, 2.05) is 12.1 Å². The zero-order valence-electron chi connectivity index (χ0n) is 15.9. The molecule has 148 valence electrons. The van der Waals surface area contributed by atoms with Crippen molar-refractivity contribution in [2.75, 3.05) is 23.2 Å². The van der Waals surface area contributed by atoms with Gasteiger partial charge in [0.25, 0.3) is 0 Å². The predicted molar refractivity (Wildman–Crippen MR) is 107 cm³/mol. The molecule has 0 saturated carbocycles. The van der Waals surface area contributed by atoms with Crippen molar-refractivity contribution in [3.8, 4) is 0 Å². The fourth-order valence-corrected chi connectivity index (χ4v) is 4.61. The highest BCUT2D eigenvalue weighted by atomic mass is 32.2. The molecule has 2 aromatic rings. The highest BCUT2D eigenvalue weighted by Gasteiger charge is 2.28. The number of benzene rings is 2. The predicted octanol–water partition coefficient (Wildman–Crippen LogP) is 3.39. The van der Waals surface area contributed by atoms with Crippen LogP contribution < -0.4 is 4.31 Å². The van der Waals surface area contributed by atoms with Crippen molar-refractivity contribution in [1.29, 1.82) is 0 Å². The fourth-order valence-electron chi connectivity index (χ4n) is 3.04. The van der Waals surface area contributed by atoms with Gasteiger partial charge < -0.3 is 4.74 Å². The van der Waals surface area contributed by atoms with Gasteiger partial charge in [0, 0.05) is 12.1 Å². The van der Waals surface area contributed by atoms with E-state index in [0.29, 0.717) is 30.1 Å². The van der Waals surface area contributed by atoms with Crippen LogP contribution in [0.3, 0.4) is 0 Å². The first-order valence-corrected chi connectivity index (χ1v) is 10.8. The fraction of sp³-hybridized carbons (Fsp3) is 0.333. The third kappa shape index (κ3) is 4.42. The van der Waals surface area contributed by atoms with E-state index < -0.39 is 16.0 Å². The van der Waals surface area contributed by atoms with Gasteiger partial charge in [-0.25, -0.2) is 13.2 Å². The summed E-state index contributed by atoms with van der Waals surface area (Å²) < 4.78 is 30.3. The van der Waals surface area contributed by atoms with Gasteiger partial charge in [-0.05, 0) is 42.2 Å². The molecule has 0 aromatic heterocycles. The largest absolute Gasteiger partial charge is 0.454 e. The quantitative estimate of drug-likeness (QED) is 0.547. The molecular weight excluding hydrogens is 378 g/mol. The second-order valence-corrected chi connectivity index (χ2v) is 9.08. The van der Waals surface area contributed by atoms with Crippen LogP contribution in [0.1, 0.15) is 52.5 Å². The van der Waals surface area contributed by atoms with Gasteiger partial charge in [-0.3, -0.25) is 9.10 Å². The summed E-state index contributed by atoms with van der Waals surface area (Å²) in [4.78, 5) is 24.4. The van der Waals surface area contributed by atoms with Crippen LogP contribution in [0.25, 0.3) is 0 Å². The molecule has 0 radical (unpaired) electrons. The normalized spacial score (nSPS) is 15.6. The minimum absolute atomic E-state index is 0.136. The molecule has 1 fully saturated rings. The van der Waals surface area contributed by atoms with E-state index >= 15 is 0 Å². The van der Waals surface area contributed by atoms with Crippen molar-refractivity contribution in [3.05, 3.63) is 65.2 Å². The Labute approximate surface area is 165 Å². The number of ketones is 1. The summed E-state index contributed by atoms with van der Waals surface area (Å²) in [7, 11) is -3.26. The Hall–Kier alpha value is -2.67. The van der Waals surface area contributed by atoms with Crippen LogP contribution in [0.2, 0.25) is 0 Å². The van der Waals surface area contributed by atoms with Crippen molar-refractivity contribution in [3.63, 3.8) is 0 Å². The van der Waals surface area contributed by atoms with Gasteiger partial charge in [-0.15, -0.1) is 0 Å². The maximum absolute atomic E-state index is 12.2. The topological polar surface area (TPSA) is 80.8 Å². The number of Topliss-reactive ketones (excluding diaryl/α,β-unsaturated/α-hetero) is 1. The lowest BCUT2D eigenvalue weighted by atomic mass is 10.0. The minimum atomic E-state index is -3.26. The molecule has 1 saturated heterocycles. The number of ether oxygens (including phenoxy) is 1. The summed E-state index contributed by atoms with van der Waals surface area (Å²) in [5, 5.41) is 0. The van der Waals surface area contributed by atoms with E-state index in [1.165, 1.54) is 16.4 Å². The summed E-state index contributed by atoms with van der Waals surface area (Å²) in [6.07, 6.45) is 0.590. The Bertz CT molecular complexity index is 963. The Morgan fingerprint density at radius 1 is 1.00 bits per heavy atom. The third-order valence-electron chi connectivity index (χ3n) is 4.72. The minimum Gasteiger partial charge on any atom is -0.454 e. The van der Waals surface area contributed by atoms with Crippen LogP contribution in [0.15, 0.2) is 48.5 Å². The number of anilines is 1. The first-order chi connectivity index (χ1) is 13.3. The van der Waals surface area contributed by atoms with Gasteiger partial charge in [0.2, 0.25) is 10.0 Å². The molecule has 1 heterocycles. The number of carbonyl (C=O) groups is 2. The highest BCUT2D eigenvalue weighted by molar-refractivity contribution is 7.93. The number of esters is 1. The van der Waals surface area contributed by atoms with E-state index in [9.17, 15) is 18.0 Å². The standard InChI is InChI=1S/C21H23NO5S/c1-15(2)16-4-6-17(7-5-16)20(23)14-27-21(24)18-8-10-19(11-9-18)22-12-3-13-28(22,25)26/h4-11,15H,3,12-14H2,1-2H3. The second kappa shape index (κ2) is 8.14. The SMILES string of the molecule is CC(C)c1ccc(C(=O)COC(=O)c2ccc(N3CCCS3(=O)=O)cc2)cc1. The van der Waals surface area contributed by atoms with Crippen LogP contribution in [0, 0.1) is 0 Å². The molecule has 0 atom stereocenters. The molecular formula is C21H23NO5S. The van der Waals surface area contributed by atoms with Crippen molar-refractivity contribution in [2.24, 2.45) is 0 Å². The number of rotatable bonds is 6. The van der Waals surface area contributed by atoms with E-state index in [-0.39, 0.29) is 23.7 Å². The number of sulfonamides is 1. The van der Waals surface area contributed by atoms with Gasteiger partial charge in [0.05, 0.1) is 17.0 Å². The van der Waals surface area contributed by atoms with Crippen LogP contribution in [-0.2, 0) is 14.8 Å². The molecule has 1 aliphatic rings. The first-order valence-electron chi connectivity index (χ1n) is 9.19. The van der Waals surface area contributed by atoms with E-state index in [1.54, 1.807) is 24.3 Å². The molecule has 1 aliphatic heterocycles. The molecule has 2 aromatic carbocycles. The molecule has 0 unspecified atom stereocenters. The lowest BCUT2D eigenvalue weighted by molar-refractivity contribution is 0.0475. The van der Waals surface area contributed by atoms with E-state index in [4.69, 9.17) is 4.74 Å². The summed E-state index contributed by atoms with van der Waals surface area (Å²) in [6.45, 7) is 4.24. The Kier molecular flexibility index (Phi) is 5.84. The van der Waals surface area contributed by atoms with Crippen molar-refractivity contribution >= 4 is 27.5 Å². The molecule has 6 nitrogen and oxygen atoms in total. The van der Waals surface area contributed by atoms with E-state index in [2.05, 4.69) is 13.8 Å². The van der Waals surface area contributed by atoms with Crippen molar-refractivity contribution in [2.45, 2.75) is 26.2 Å². The Balaban J connectivity index is 1.59. The average molecular weight is 401 g/mol. The second-order valence-electron chi connectivity index (χ2n) is 7.06. The van der Waals surface area contributed by atoms with Crippen molar-refractivity contribution in [1.82, 2.24) is 0 Å². The maximum atomic E-state index is 12.2. The van der Waals surface area contributed by atoms with Gasteiger partial charge in [-0.2, -0.15) is 0 Å². The lowest BCUT2D eigenvalue weighted by Gasteiger charge is -2.16. The lowest BCUT2D eigenvalue weighted by Crippen LogP contribution is -2.25. The molecule has 0 aliphatic carbocycles. The molecule has 0 spiro atoms. The zero-order valence-corrected chi connectivity index (χ0v) is 16.7. The smallest absolute Gasteiger partial charge is 0.338 e. The molecule has 0 bridgehead atoms. The number of hydrogen-bond acceptors (Lipinski definition) is 5. The van der Waals surface area contributed by atoms with Crippen LogP contribution >= 0.6 is 0 Å². The molecule has 3 rings (SSSR count). The summed E-state index contributed by atoms with van der Waals surface area (Å²) in [5.41, 5.74) is 2.42. The number of hydrogen-bond donors (Lipinski definition) is 0. The number of carbonyl (C=O) groups excluding carboxylic acids is 2. The van der Waals surface area contributed by atoms with Crippen LogP contribution in [0.5, 0.6) is 0 Å². The first kappa shape index (κ1) is 20.1. The van der Waals surface area contributed by atoms with E-state index in [0.717, 1.165) is 5.56 Å². The highest BCUT2D eigenvalue weighted by Crippen LogP contribution is 2.24. The van der Waals surface area contributed by atoms with Gasteiger partial charge >= 0.3 is 5.97 Å². The summed E-state index contributed by atoms with van der Waals surface area (Å²) >= 11 is 0. The molecule has 28 heavy (non-hydrogen) atoms. The van der Waals surface area contributed by atoms with Gasteiger partial charge in [0.15, 0.2) is 12.4 Å². The summed E-state index contributed by atoms with van der Waals surface area (Å²) in [6, 6.07) is 13.4. The zero-order chi connectivity index (χ0) is 20.3. The summed E-state index contributed by atoms with van der Waals surface area (Å²) in [5.74, 6) is -0.385.